The van der Waals surface area contributed by atoms with Crippen molar-refractivity contribution in [3.8, 4) is 0 Å². The lowest BCUT2D eigenvalue weighted by Crippen LogP contribution is -2.40. The van der Waals surface area contributed by atoms with Gasteiger partial charge in [-0.2, -0.15) is 4.31 Å². The molecule has 164 valence electrons. The number of benzene rings is 2. The Morgan fingerprint density at radius 2 is 1.81 bits per heavy atom. The van der Waals surface area contributed by atoms with Gasteiger partial charge >= 0.3 is 0 Å². The first kappa shape index (κ1) is 21.8. The van der Waals surface area contributed by atoms with E-state index in [1.54, 1.807) is 12.1 Å². The number of ether oxygens (including phenoxy) is 1. The topological polar surface area (TPSA) is 93.5 Å². The Hall–Kier alpha value is -2.40. The molecule has 1 amide bonds. The summed E-state index contributed by atoms with van der Waals surface area (Å²) in [4.78, 5) is 17.5. The summed E-state index contributed by atoms with van der Waals surface area (Å²) in [5.41, 5.74) is 2.44. The number of imidazole rings is 1. The maximum Gasteiger partial charge on any atom is 0.243 e. The zero-order valence-corrected chi connectivity index (χ0v) is 18.9. The summed E-state index contributed by atoms with van der Waals surface area (Å²) >= 11 is 1.37. The third-order valence-electron chi connectivity index (χ3n) is 5.13. The van der Waals surface area contributed by atoms with Crippen molar-refractivity contribution in [2.45, 2.75) is 22.2 Å². The number of carbonyl (C=O) groups excluding carboxylic acids is 1. The monoisotopic (exact) mass is 460 g/mol. The van der Waals surface area contributed by atoms with Gasteiger partial charge in [0, 0.05) is 25.8 Å². The van der Waals surface area contributed by atoms with Gasteiger partial charge in [0.1, 0.15) is 0 Å². The number of hydrogen-bond acceptors (Lipinski definition) is 6. The van der Waals surface area contributed by atoms with Crippen LogP contribution < -0.4 is 5.32 Å². The number of nitrogens with one attached hydrogen (secondary N) is 1. The minimum atomic E-state index is -3.56. The van der Waals surface area contributed by atoms with E-state index in [9.17, 15) is 13.2 Å². The third-order valence-corrected chi connectivity index (χ3v) is 8.18. The van der Waals surface area contributed by atoms with Crippen LogP contribution in [0.25, 0.3) is 11.0 Å². The molecule has 1 unspecified atom stereocenters. The van der Waals surface area contributed by atoms with Crippen molar-refractivity contribution < 1.29 is 17.9 Å². The van der Waals surface area contributed by atoms with E-state index in [0.717, 1.165) is 16.2 Å². The van der Waals surface area contributed by atoms with E-state index in [1.165, 1.54) is 28.2 Å². The molecule has 1 aliphatic heterocycles. The molecule has 1 atom stereocenters. The molecule has 0 bridgehead atoms. The fourth-order valence-electron chi connectivity index (χ4n) is 3.33. The summed E-state index contributed by atoms with van der Waals surface area (Å²) in [7, 11) is -1.63. The summed E-state index contributed by atoms with van der Waals surface area (Å²) in [6, 6.07) is 14.1. The molecule has 2 heterocycles. The van der Waals surface area contributed by atoms with Crippen LogP contribution in [0.3, 0.4) is 0 Å². The highest BCUT2D eigenvalue weighted by molar-refractivity contribution is 8.00. The average Bonchev–Trinajstić information content (AvgIpc) is 3.10. The van der Waals surface area contributed by atoms with Crippen LogP contribution in [0, 0.1) is 0 Å². The number of fused-ring (bicyclic) bond motifs is 1. The predicted octanol–water partition coefficient (Wildman–Crippen LogP) is 2.71. The average molecular weight is 461 g/mol. The van der Waals surface area contributed by atoms with E-state index >= 15 is 0 Å². The van der Waals surface area contributed by atoms with Gasteiger partial charge in [-0.25, -0.2) is 13.4 Å². The lowest BCUT2D eigenvalue weighted by Gasteiger charge is -2.26. The van der Waals surface area contributed by atoms with Gasteiger partial charge in [-0.3, -0.25) is 4.79 Å². The van der Waals surface area contributed by atoms with E-state index in [4.69, 9.17) is 4.74 Å². The van der Waals surface area contributed by atoms with Crippen LogP contribution in [-0.4, -0.2) is 59.7 Å². The number of aromatic nitrogens is 2. The maximum absolute atomic E-state index is 12.7. The molecular weight excluding hydrogens is 436 g/mol. The van der Waals surface area contributed by atoms with E-state index in [2.05, 4.69) is 10.3 Å². The number of aryl methyl sites for hydroxylation is 1. The second kappa shape index (κ2) is 8.99. The molecule has 1 saturated heterocycles. The largest absolute Gasteiger partial charge is 0.379 e. The van der Waals surface area contributed by atoms with Crippen molar-refractivity contribution in [1.29, 1.82) is 0 Å². The number of sulfonamides is 1. The Balaban J connectivity index is 1.41. The second-order valence-corrected chi connectivity index (χ2v) is 10.5. The molecule has 0 spiro atoms. The van der Waals surface area contributed by atoms with Crippen LogP contribution in [0.2, 0.25) is 0 Å². The smallest absolute Gasteiger partial charge is 0.243 e. The molecule has 1 aromatic heterocycles. The van der Waals surface area contributed by atoms with Crippen LogP contribution >= 0.6 is 11.8 Å². The predicted molar refractivity (Wildman–Crippen MR) is 121 cm³/mol. The van der Waals surface area contributed by atoms with Crippen molar-refractivity contribution >= 4 is 44.4 Å². The van der Waals surface area contributed by atoms with Gasteiger partial charge in [0.25, 0.3) is 0 Å². The maximum atomic E-state index is 12.7. The van der Waals surface area contributed by atoms with Crippen LogP contribution in [0.15, 0.2) is 58.6 Å². The zero-order valence-electron chi connectivity index (χ0n) is 17.3. The summed E-state index contributed by atoms with van der Waals surface area (Å²) in [6.07, 6.45) is 0. The van der Waals surface area contributed by atoms with Crippen molar-refractivity contribution in [2.24, 2.45) is 7.05 Å². The molecular formula is C21H24N4O4S2. The highest BCUT2D eigenvalue weighted by Gasteiger charge is 2.26. The van der Waals surface area contributed by atoms with Crippen LogP contribution in [-0.2, 0) is 26.6 Å². The van der Waals surface area contributed by atoms with Crippen LogP contribution in [0.5, 0.6) is 0 Å². The van der Waals surface area contributed by atoms with E-state index in [-0.39, 0.29) is 16.1 Å². The number of carbonyl (C=O) groups is 1. The number of thioether (sulfide) groups is 1. The van der Waals surface area contributed by atoms with Gasteiger partial charge < -0.3 is 14.6 Å². The minimum Gasteiger partial charge on any atom is -0.379 e. The summed E-state index contributed by atoms with van der Waals surface area (Å²) in [6.45, 7) is 3.30. The van der Waals surface area contributed by atoms with Gasteiger partial charge in [0.2, 0.25) is 15.9 Å². The number of morpholine rings is 1. The quantitative estimate of drug-likeness (QED) is 0.569. The Labute approximate surface area is 185 Å². The fraction of sp³-hybridized carbons (Fsp3) is 0.333. The summed E-state index contributed by atoms with van der Waals surface area (Å²) in [5.74, 6) is -0.180. The molecule has 0 saturated carbocycles. The van der Waals surface area contributed by atoms with Crippen molar-refractivity contribution in [3.63, 3.8) is 0 Å². The van der Waals surface area contributed by atoms with Gasteiger partial charge in [0.05, 0.1) is 34.4 Å². The third kappa shape index (κ3) is 4.62. The van der Waals surface area contributed by atoms with E-state index in [1.807, 2.05) is 42.8 Å². The lowest BCUT2D eigenvalue weighted by atomic mass is 10.3. The minimum absolute atomic E-state index is 0.180. The molecule has 1 N–H and O–H groups in total. The first-order chi connectivity index (χ1) is 14.9. The first-order valence-corrected chi connectivity index (χ1v) is 12.2. The molecule has 4 rings (SSSR count). The molecule has 10 heteroatoms. The van der Waals surface area contributed by atoms with Gasteiger partial charge in [-0.05, 0) is 43.3 Å². The first-order valence-electron chi connectivity index (χ1n) is 9.93. The normalized spacial score (nSPS) is 16.3. The van der Waals surface area contributed by atoms with Crippen molar-refractivity contribution in [1.82, 2.24) is 13.9 Å². The van der Waals surface area contributed by atoms with E-state index < -0.39 is 10.0 Å². The number of rotatable bonds is 6. The Morgan fingerprint density at radius 1 is 1.13 bits per heavy atom. The number of anilines is 1. The standard InChI is InChI=1S/C21H24N4O4S2/c1-15(30-21-23-18-5-3-4-6-19(18)24(21)2)20(26)22-16-7-9-17(10-8-16)31(27,28)25-11-13-29-14-12-25/h3-10,15H,11-14H2,1-2H3,(H,22,26). The Kier molecular flexibility index (Phi) is 6.33. The summed E-state index contributed by atoms with van der Waals surface area (Å²) < 4.78 is 34.0. The molecule has 3 aromatic rings. The lowest BCUT2D eigenvalue weighted by molar-refractivity contribution is -0.115. The van der Waals surface area contributed by atoms with Crippen molar-refractivity contribution in [3.05, 3.63) is 48.5 Å². The highest BCUT2D eigenvalue weighted by atomic mass is 32.2. The SMILES string of the molecule is CC(Sc1nc2ccccc2n1C)C(=O)Nc1ccc(S(=O)(=O)N2CCOCC2)cc1. The highest BCUT2D eigenvalue weighted by Crippen LogP contribution is 2.27. The Bertz CT molecular complexity index is 1190. The molecule has 1 fully saturated rings. The van der Waals surface area contributed by atoms with Gasteiger partial charge in [0.15, 0.2) is 5.16 Å². The van der Waals surface area contributed by atoms with Crippen LogP contribution in [0.1, 0.15) is 6.92 Å². The second-order valence-electron chi connectivity index (χ2n) is 7.23. The molecule has 0 radical (unpaired) electrons. The number of hydrogen-bond donors (Lipinski definition) is 1. The fourth-order valence-corrected chi connectivity index (χ4v) is 5.63. The van der Waals surface area contributed by atoms with Crippen LogP contribution in [0.4, 0.5) is 5.69 Å². The van der Waals surface area contributed by atoms with Gasteiger partial charge in [-0.1, -0.05) is 23.9 Å². The van der Waals surface area contributed by atoms with Crippen molar-refractivity contribution in [2.75, 3.05) is 31.6 Å². The molecule has 8 nitrogen and oxygen atoms in total. The summed E-state index contributed by atoms with van der Waals surface area (Å²) in [5, 5.41) is 3.23. The molecule has 1 aliphatic rings. The zero-order chi connectivity index (χ0) is 22.0. The van der Waals surface area contributed by atoms with Gasteiger partial charge in [-0.15, -0.1) is 0 Å². The number of nitrogens with zero attached hydrogens (tertiary/aromatic N) is 3. The van der Waals surface area contributed by atoms with E-state index in [0.29, 0.717) is 32.0 Å². The number of para-hydroxylation sites is 2. The number of amides is 1. The molecule has 2 aromatic carbocycles. The Morgan fingerprint density at radius 3 is 2.48 bits per heavy atom. The molecule has 0 aliphatic carbocycles. The molecule has 31 heavy (non-hydrogen) atoms.